The van der Waals surface area contributed by atoms with Crippen molar-refractivity contribution in [3.8, 4) is 0 Å². The number of amides is 1. The minimum atomic E-state index is -0.368. The van der Waals surface area contributed by atoms with Crippen molar-refractivity contribution in [1.82, 2.24) is 4.90 Å². The maximum Gasteiger partial charge on any atom is 0.337 e. The van der Waals surface area contributed by atoms with Crippen molar-refractivity contribution >= 4 is 11.9 Å². The van der Waals surface area contributed by atoms with Gasteiger partial charge < -0.3 is 9.64 Å². The van der Waals surface area contributed by atoms with E-state index in [2.05, 4.69) is 0 Å². The number of carbonyl (C=O) groups excluding carboxylic acids is 2. The summed E-state index contributed by atoms with van der Waals surface area (Å²) in [5.41, 5.74) is 3.23. The standard InChI is InChI=1S/C17H15NO3/c1-21-17(20)13-7-4-5-12(9-13)10-18-11-14-6-2-3-8-15(14)16(18)19/h2-9H,10-11H2,1H3. The first kappa shape index (κ1) is 13.4. The molecule has 3 rings (SSSR count). The van der Waals surface area contributed by atoms with Crippen LogP contribution in [0.5, 0.6) is 0 Å². The van der Waals surface area contributed by atoms with E-state index >= 15 is 0 Å². The Balaban J connectivity index is 1.80. The third kappa shape index (κ3) is 2.52. The van der Waals surface area contributed by atoms with Crippen LogP contribution in [0.3, 0.4) is 0 Å². The Morgan fingerprint density at radius 2 is 2.00 bits per heavy atom. The quantitative estimate of drug-likeness (QED) is 0.812. The van der Waals surface area contributed by atoms with Crippen molar-refractivity contribution in [2.45, 2.75) is 13.1 Å². The molecule has 1 aliphatic rings. The Morgan fingerprint density at radius 1 is 1.19 bits per heavy atom. The summed E-state index contributed by atoms with van der Waals surface area (Å²) < 4.78 is 4.71. The number of hydrogen-bond acceptors (Lipinski definition) is 3. The van der Waals surface area contributed by atoms with E-state index in [1.165, 1.54) is 7.11 Å². The summed E-state index contributed by atoms with van der Waals surface area (Å²) in [6, 6.07) is 14.8. The molecule has 106 valence electrons. The molecular formula is C17H15NO3. The fraction of sp³-hybridized carbons (Fsp3) is 0.176. The second kappa shape index (κ2) is 5.40. The molecule has 1 aliphatic heterocycles. The molecule has 0 radical (unpaired) electrons. The van der Waals surface area contributed by atoms with E-state index in [-0.39, 0.29) is 11.9 Å². The summed E-state index contributed by atoms with van der Waals surface area (Å²) >= 11 is 0. The van der Waals surface area contributed by atoms with Crippen LogP contribution in [0, 0.1) is 0 Å². The van der Waals surface area contributed by atoms with Crippen molar-refractivity contribution in [3.63, 3.8) is 0 Å². The highest BCUT2D eigenvalue weighted by molar-refractivity contribution is 5.98. The number of benzene rings is 2. The fourth-order valence-electron chi connectivity index (χ4n) is 2.58. The number of nitrogens with zero attached hydrogens (tertiary/aromatic N) is 1. The first-order valence-corrected chi connectivity index (χ1v) is 6.73. The molecule has 1 heterocycles. The molecule has 0 atom stereocenters. The minimum absolute atomic E-state index is 0.0362. The predicted molar refractivity (Wildman–Crippen MR) is 77.8 cm³/mol. The molecule has 4 nitrogen and oxygen atoms in total. The normalized spacial score (nSPS) is 13.2. The third-order valence-corrected chi connectivity index (χ3v) is 3.62. The first-order chi connectivity index (χ1) is 10.2. The zero-order chi connectivity index (χ0) is 14.8. The smallest absolute Gasteiger partial charge is 0.337 e. The molecule has 4 heteroatoms. The lowest BCUT2D eigenvalue weighted by molar-refractivity contribution is 0.0600. The van der Waals surface area contributed by atoms with E-state index in [0.717, 1.165) is 16.7 Å². The predicted octanol–water partition coefficient (Wildman–Crippen LogP) is 2.63. The van der Waals surface area contributed by atoms with Gasteiger partial charge in [-0.25, -0.2) is 4.79 Å². The number of carbonyl (C=O) groups is 2. The highest BCUT2D eigenvalue weighted by atomic mass is 16.5. The van der Waals surface area contributed by atoms with Gasteiger partial charge in [-0.05, 0) is 29.3 Å². The van der Waals surface area contributed by atoms with Crippen LogP contribution in [0.15, 0.2) is 48.5 Å². The molecule has 0 saturated carbocycles. The molecule has 0 fully saturated rings. The van der Waals surface area contributed by atoms with Crippen LogP contribution in [-0.4, -0.2) is 23.9 Å². The van der Waals surface area contributed by atoms with Crippen LogP contribution < -0.4 is 0 Å². The Bertz CT molecular complexity index is 709. The molecule has 21 heavy (non-hydrogen) atoms. The van der Waals surface area contributed by atoms with Gasteiger partial charge >= 0.3 is 5.97 Å². The number of fused-ring (bicyclic) bond motifs is 1. The summed E-state index contributed by atoms with van der Waals surface area (Å²) in [5, 5.41) is 0. The van der Waals surface area contributed by atoms with E-state index in [0.29, 0.717) is 18.7 Å². The number of rotatable bonds is 3. The summed E-state index contributed by atoms with van der Waals surface area (Å²) in [4.78, 5) is 25.6. The van der Waals surface area contributed by atoms with Crippen LogP contribution in [0.4, 0.5) is 0 Å². The number of ether oxygens (including phenoxy) is 1. The largest absolute Gasteiger partial charge is 0.465 e. The highest BCUT2D eigenvalue weighted by Crippen LogP contribution is 2.24. The molecule has 0 N–H and O–H groups in total. The van der Waals surface area contributed by atoms with Crippen molar-refractivity contribution in [3.05, 3.63) is 70.8 Å². The van der Waals surface area contributed by atoms with E-state index < -0.39 is 0 Å². The maximum atomic E-state index is 12.3. The SMILES string of the molecule is COC(=O)c1cccc(CN2Cc3ccccc3C2=O)c1. The van der Waals surface area contributed by atoms with E-state index in [1.54, 1.807) is 23.1 Å². The van der Waals surface area contributed by atoms with Crippen LogP contribution in [-0.2, 0) is 17.8 Å². The van der Waals surface area contributed by atoms with Crippen LogP contribution in [0.1, 0.15) is 31.8 Å². The second-order valence-electron chi connectivity index (χ2n) is 5.01. The van der Waals surface area contributed by atoms with Crippen molar-refractivity contribution in [2.75, 3.05) is 7.11 Å². The lowest BCUT2D eigenvalue weighted by Crippen LogP contribution is -2.23. The van der Waals surface area contributed by atoms with Crippen LogP contribution in [0.2, 0.25) is 0 Å². The number of hydrogen-bond donors (Lipinski definition) is 0. The molecule has 2 aromatic carbocycles. The van der Waals surface area contributed by atoms with Gasteiger partial charge in [-0.3, -0.25) is 4.79 Å². The Hall–Kier alpha value is -2.62. The van der Waals surface area contributed by atoms with Gasteiger partial charge in [0.2, 0.25) is 0 Å². The lowest BCUT2D eigenvalue weighted by atomic mass is 10.1. The molecule has 0 spiro atoms. The second-order valence-corrected chi connectivity index (χ2v) is 5.01. The van der Waals surface area contributed by atoms with Gasteiger partial charge in [-0.2, -0.15) is 0 Å². The number of methoxy groups -OCH3 is 1. The van der Waals surface area contributed by atoms with Crippen LogP contribution >= 0.6 is 0 Å². The van der Waals surface area contributed by atoms with Gasteiger partial charge in [0.1, 0.15) is 0 Å². The van der Waals surface area contributed by atoms with Crippen molar-refractivity contribution in [2.24, 2.45) is 0 Å². The fourth-order valence-corrected chi connectivity index (χ4v) is 2.58. The van der Waals surface area contributed by atoms with E-state index in [4.69, 9.17) is 4.74 Å². The molecule has 0 aromatic heterocycles. The zero-order valence-electron chi connectivity index (χ0n) is 11.7. The van der Waals surface area contributed by atoms with Gasteiger partial charge in [0.15, 0.2) is 0 Å². The Morgan fingerprint density at radius 3 is 2.76 bits per heavy atom. The van der Waals surface area contributed by atoms with E-state index in [1.807, 2.05) is 30.3 Å². The van der Waals surface area contributed by atoms with Crippen molar-refractivity contribution in [1.29, 1.82) is 0 Å². The monoisotopic (exact) mass is 281 g/mol. The van der Waals surface area contributed by atoms with E-state index in [9.17, 15) is 9.59 Å². The first-order valence-electron chi connectivity index (χ1n) is 6.73. The molecular weight excluding hydrogens is 266 g/mol. The van der Waals surface area contributed by atoms with Gasteiger partial charge in [0.25, 0.3) is 5.91 Å². The average Bonchev–Trinajstić information content (AvgIpc) is 2.83. The molecule has 0 aliphatic carbocycles. The summed E-state index contributed by atoms with van der Waals surface area (Å²) in [7, 11) is 1.36. The summed E-state index contributed by atoms with van der Waals surface area (Å²) in [5.74, 6) is -0.332. The highest BCUT2D eigenvalue weighted by Gasteiger charge is 2.26. The van der Waals surface area contributed by atoms with Gasteiger partial charge in [0.05, 0.1) is 12.7 Å². The Kier molecular flexibility index (Phi) is 3.44. The molecule has 0 unspecified atom stereocenters. The Labute approximate surface area is 123 Å². The molecule has 2 aromatic rings. The van der Waals surface area contributed by atoms with Crippen molar-refractivity contribution < 1.29 is 14.3 Å². The third-order valence-electron chi connectivity index (χ3n) is 3.62. The van der Waals surface area contributed by atoms with Gasteiger partial charge in [-0.15, -0.1) is 0 Å². The molecule has 0 bridgehead atoms. The van der Waals surface area contributed by atoms with Gasteiger partial charge in [-0.1, -0.05) is 30.3 Å². The topological polar surface area (TPSA) is 46.6 Å². The summed E-state index contributed by atoms with van der Waals surface area (Å²) in [6.07, 6.45) is 0. The maximum absolute atomic E-state index is 12.3. The molecule has 1 amide bonds. The minimum Gasteiger partial charge on any atom is -0.465 e. The summed E-state index contributed by atoms with van der Waals surface area (Å²) in [6.45, 7) is 1.09. The van der Waals surface area contributed by atoms with Crippen LogP contribution in [0.25, 0.3) is 0 Å². The van der Waals surface area contributed by atoms with Gasteiger partial charge in [0, 0.05) is 18.7 Å². The zero-order valence-corrected chi connectivity index (χ0v) is 11.7. The average molecular weight is 281 g/mol. The molecule has 0 saturated heterocycles. The number of esters is 1. The lowest BCUT2D eigenvalue weighted by Gasteiger charge is -2.16.